The highest BCUT2D eigenvalue weighted by Crippen LogP contribution is 2.32. The van der Waals surface area contributed by atoms with Crippen molar-refractivity contribution in [1.82, 2.24) is 9.97 Å². The van der Waals surface area contributed by atoms with Crippen LogP contribution in [0.3, 0.4) is 0 Å². The lowest BCUT2D eigenvalue weighted by atomic mass is 10.3. The molecule has 1 heterocycles. The van der Waals surface area contributed by atoms with Gasteiger partial charge in [-0.05, 0) is 24.6 Å². The Morgan fingerprint density at radius 1 is 1.24 bits per heavy atom. The number of halogens is 2. The van der Waals surface area contributed by atoms with Crippen LogP contribution in [-0.2, 0) is 0 Å². The molecule has 0 saturated heterocycles. The van der Waals surface area contributed by atoms with Crippen molar-refractivity contribution in [2.24, 2.45) is 0 Å². The van der Waals surface area contributed by atoms with Gasteiger partial charge in [-0.3, -0.25) is 0 Å². The molecule has 0 radical (unpaired) electrons. The van der Waals surface area contributed by atoms with E-state index in [2.05, 4.69) is 27.5 Å². The average Bonchev–Trinajstić information content (AvgIpc) is 2.44. The van der Waals surface area contributed by atoms with Crippen LogP contribution in [0.4, 0.5) is 21.7 Å². The van der Waals surface area contributed by atoms with Crippen LogP contribution in [0.15, 0.2) is 24.5 Å². The molecule has 0 saturated carbocycles. The molecule has 0 aliphatic heterocycles. The molecular formula is C14H16ClFN4O. The number of nitrogens with one attached hydrogen (secondary N) is 2. The molecule has 2 N–H and O–H groups in total. The fraction of sp³-hybridized carbons (Fsp3) is 0.286. The van der Waals surface area contributed by atoms with Crippen molar-refractivity contribution < 1.29 is 9.13 Å². The second-order valence-corrected chi connectivity index (χ2v) is 4.75. The van der Waals surface area contributed by atoms with Gasteiger partial charge in [0.05, 0.1) is 7.11 Å². The molecular weight excluding hydrogens is 295 g/mol. The molecule has 0 fully saturated rings. The first-order valence-corrected chi connectivity index (χ1v) is 6.87. The molecule has 0 amide bonds. The molecule has 0 bridgehead atoms. The number of nitrogens with zero attached hydrogens (tertiary/aromatic N) is 2. The Morgan fingerprint density at radius 3 is 2.67 bits per heavy atom. The topological polar surface area (TPSA) is 59.1 Å². The number of hydrogen-bond donors (Lipinski definition) is 2. The molecule has 5 nitrogen and oxygen atoms in total. The predicted molar refractivity (Wildman–Crippen MR) is 82.1 cm³/mol. The van der Waals surface area contributed by atoms with E-state index in [1.54, 1.807) is 6.07 Å². The van der Waals surface area contributed by atoms with Crippen molar-refractivity contribution in [3.63, 3.8) is 0 Å². The summed E-state index contributed by atoms with van der Waals surface area (Å²) in [7, 11) is 1.53. The fourth-order valence-corrected chi connectivity index (χ4v) is 2.01. The molecule has 0 aliphatic carbocycles. The third kappa shape index (κ3) is 3.95. The molecule has 112 valence electrons. The number of ether oxygens (including phenoxy) is 1. The second-order valence-electron chi connectivity index (χ2n) is 4.31. The van der Waals surface area contributed by atoms with Gasteiger partial charge < -0.3 is 15.4 Å². The molecule has 2 aromatic rings. The second kappa shape index (κ2) is 7.08. The van der Waals surface area contributed by atoms with Gasteiger partial charge in [0.1, 0.15) is 12.1 Å². The number of aromatic nitrogens is 2. The van der Waals surface area contributed by atoms with Crippen molar-refractivity contribution in [3.05, 3.63) is 35.4 Å². The molecule has 7 heteroatoms. The molecule has 21 heavy (non-hydrogen) atoms. The summed E-state index contributed by atoms with van der Waals surface area (Å²) in [5, 5.41) is 6.43. The SMILES string of the molecule is CCCNc1ncnc(Nc2cc(F)cc(Cl)c2)c1OC. The smallest absolute Gasteiger partial charge is 0.204 e. The van der Waals surface area contributed by atoms with Crippen molar-refractivity contribution in [2.75, 3.05) is 24.3 Å². The number of anilines is 3. The number of methoxy groups -OCH3 is 1. The van der Waals surface area contributed by atoms with E-state index in [1.807, 2.05) is 0 Å². The maximum Gasteiger partial charge on any atom is 0.204 e. The highest BCUT2D eigenvalue weighted by Gasteiger charge is 2.12. The Hall–Kier alpha value is -2.08. The summed E-state index contributed by atoms with van der Waals surface area (Å²) in [6.45, 7) is 2.81. The van der Waals surface area contributed by atoms with E-state index in [4.69, 9.17) is 16.3 Å². The Bertz CT molecular complexity index is 604. The largest absolute Gasteiger partial charge is 0.490 e. The van der Waals surface area contributed by atoms with Gasteiger partial charge in [0, 0.05) is 17.3 Å². The van der Waals surface area contributed by atoms with Gasteiger partial charge >= 0.3 is 0 Å². The van der Waals surface area contributed by atoms with Crippen molar-refractivity contribution in [1.29, 1.82) is 0 Å². The Balaban J connectivity index is 2.30. The van der Waals surface area contributed by atoms with Crippen LogP contribution >= 0.6 is 11.6 Å². The van der Waals surface area contributed by atoms with Gasteiger partial charge in [-0.1, -0.05) is 18.5 Å². The van der Waals surface area contributed by atoms with Crippen molar-refractivity contribution >= 4 is 28.9 Å². The van der Waals surface area contributed by atoms with Gasteiger partial charge in [0.25, 0.3) is 0 Å². The van der Waals surface area contributed by atoms with Crippen LogP contribution in [0.2, 0.25) is 5.02 Å². The zero-order valence-electron chi connectivity index (χ0n) is 11.8. The highest BCUT2D eigenvalue weighted by molar-refractivity contribution is 6.30. The van der Waals surface area contributed by atoms with E-state index >= 15 is 0 Å². The molecule has 0 atom stereocenters. The van der Waals surface area contributed by atoms with E-state index in [0.717, 1.165) is 13.0 Å². The molecule has 1 aromatic carbocycles. The Morgan fingerprint density at radius 2 is 2.00 bits per heavy atom. The summed E-state index contributed by atoms with van der Waals surface area (Å²) in [4.78, 5) is 8.26. The summed E-state index contributed by atoms with van der Waals surface area (Å²) in [6, 6.07) is 4.16. The molecule has 0 spiro atoms. The molecule has 1 aromatic heterocycles. The third-order valence-electron chi connectivity index (χ3n) is 2.68. The quantitative estimate of drug-likeness (QED) is 0.849. The number of rotatable bonds is 6. The van der Waals surface area contributed by atoms with Gasteiger partial charge in [0.2, 0.25) is 5.75 Å². The summed E-state index contributed by atoms with van der Waals surface area (Å²) >= 11 is 5.83. The minimum absolute atomic E-state index is 0.301. The summed E-state index contributed by atoms with van der Waals surface area (Å²) in [5.41, 5.74) is 0.485. The standard InChI is InChI=1S/C14H16ClFN4O/c1-3-4-17-13-12(21-2)14(19-8-18-13)20-11-6-9(15)5-10(16)7-11/h5-8H,3-4H2,1-2H3,(H2,17,18,19,20). The van der Waals surface area contributed by atoms with Crippen molar-refractivity contribution in [2.45, 2.75) is 13.3 Å². The first-order valence-electron chi connectivity index (χ1n) is 6.50. The van der Waals surface area contributed by atoms with Gasteiger partial charge in [-0.2, -0.15) is 0 Å². The normalized spacial score (nSPS) is 10.3. The number of benzene rings is 1. The van der Waals surface area contributed by atoms with Crippen molar-refractivity contribution in [3.8, 4) is 5.75 Å². The van der Waals surface area contributed by atoms with E-state index in [9.17, 15) is 4.39 Å². The lowest BCUT2D eigenvalue weighted by molar-refractivity contribution is 0.415. The molecule has 0 aliphatic rings. The lowest BCUT2D eigenvalue weighted by Crippen LogP contribution is -2.07. The zero-order chi connectivity index (χ0) is 15.2. The monoisotopic (exact) mass is 310 g/mol. The zero-order valence-corrected chi connectivity index (χ0v) is 12.5. The Kier molecular flexibility index (Phi) is 5.16. The van der Waals surface area contributed by atoms with Crippen LogP contribution in [-0.4, -0.2) is 23.6 Å². The van der Waals surface area contributed by atoms with Gasteiger partial charge in [-0.15, -0.1) is 0 Å². The van der Waals surface area contributed by atoms with Crippen LogP contribution in [0.5, 0.6) is 5.75 Å². The first-order chi connectivity index (χ1) is 10.1. The fourth-order valence-electron chi connectivity index (χ4n) is 1.79. The maximum absolute atomic E-state index is 13.4. The first kappa shape index (κ1) is 15.3. The van der Waals surface area contributed by atoms with E-state index < -0.39 is 5.82 Å². The van der Waals surface area contributed by atoms with E-state index in [-0.39, 0.29) is 0 Å². The summed E-state index contributed by atoms with van der Waals surface area (Å²) < 4.78 is 18.7. The summed E-state index contributed by atoms with van der Waals surface area (Å²) in [5.74, 6) is 1.06. The third-order valence-corrected chi connectivity index (χ3v) is 2.89. The van der Waals surface area contributed by atoms with E-state index in [1.165, 1.54) is 25.6 Å². The molecule has 0 unspecified atom stereocenters. The maximum atomic E-state index is 13.4. The summed E-state index contributed by atoms with van der Waals surface area (Å²) in [6.07, 6.45) is 2.36. The lowest BCUT2D eigenvalue weighted by Gasteiger charge is -2.14. The Labute approximate surface area is 127 Å². The number of hydrogen-bond acceptors (Lipinski definition) is 5. The highest BCUT2D eigenvalue weighted by atomic mass is 35.5. The minimum Gasteiger partial charge on any atom is -0.490 e. The predicted octanol–water partition coefficient (Wildman–Crippen LogP) is 3.84. The van der Waals surface area contributed by atoms with Gasteiger partial charge in [0.15, 0.2) is 11.6 Å². The van der Waals surface area contributed by atoms with E-state index in [0.29, 0.717) is 28.1 Å². The van der Waals surface area contributed by atoms with Crippen LogP contribution < -0.4 is 15.4 Å². The van der Waals surface area contributed by atoms with Crippen LogP contribution in [0.1, 0.15) is 13.3 Å². The molecule has 2 rings (SSSR count). The average molecular weight is 311 g/mol. The minimum atomic E-state index is -0.428. The van der Waals surface area contributed by atoms with Crippen LogP contribution in [0.25, 0.3) is 0 Å². The van der Waals surface area contributed by atoms with Gasteiger partial charge in [-0.25, -0.2) is 14.4 Å². The van der Waals surface area contributed by atoms with Crippen LogP contribution in [0, 0.1) is 5.82 Å².